The minimum Gasteiger partial charge on any atom is -0.497 e. The minimum absolute atomic E-state index is 0.875. The molecule has 0 saturated heterocycles. The Balaban J connectivity index is 1.96. The molecule has 0 amide bonds. The number of benzene rings is 1. The third-order valence-electron chi connectivity index (χ3n) is 2.51. The Morgan fingerprint density at radius 3 is 1.94 bits per heavy atom. The number of allylic oxidation sites excluding steroid dienone is 2. The Labute approximate surface area is 107 Å². The summed E-state index contributed by atoms with van der Waals surface area (Å²) in [4.78, 5) is 3.97. The van der Waals surface area contributed by atoms with E-state index in [1.54, 1.807) is 19.5 Å². The summed E-state index contributed by atoms with van der Waals surface area (Å²) in [6, 6.07) is 11.9. The fraction of sp³-hybridized carbons (Fsp3) is 0.0625. The zero-order chi connectivity index (χ0) is 12.6. The van der Waals surface area contributed by atoms with Gasteiger partial charge >= 0.3 is 0 Å². The van der Waals surface area contributed by atoms with Gasteiger partial charge in [0.15, 0.2) is 0 Å². The van der Waals surface area contributed by atoms with Crippen LogP contribution in [0.3, 0.4) is 0 Å². The van der Waals surface area contributed by atoms with Crippen molar-refractivity contribution in [2.45, 2.75) is 0 Å². The third-order valence-corrected chi connectivity index (χ3v) is 2.51. The Morgan fingerprint density at radius 1 is 0.833 bits per heavy atom. The average molecular weight is 237 g/mol. The minimum atomic E-state index is 0.875. The molecule has 0 spiro atoms. The van der Waals surface area contributed by atoms with Crippen molar-refractivity contribution in [3.63, 3.8) is 0 Å². The number of ether oxygens (including phenoxy) is 1. The summed E-state index contributed by atoms with van der Waals surface area (Å²) in [6.07, 6.45) is 11.7. The molecule has 0 unspecified atom stereocenters. The van der Waals surface area contributed by atoms with Crippen LogP contribution < -0.4 is 4.74 Å². The topological polar surface area (TPSA) is 22.1 Å². The highest BCUT2D eigenvalue weighted by molar-refractivity contribution is 5.57. The van der Waals surface area contributed by atoms with Crippen LogP contribution in [0.1, 0.15) is 11.1 Å². The number of methoxy groups -OCH3 is 1. The lowest BCUT2D eigenvalue weighted by atomic mass is 10.2. The molecule has 1 aromatic carbocycles. The summed E-state index contributed by atoms with van der Waals surface area (Å²) < 4.78 is 5.11. The summed E-state index contributed by atoms with van der Waals surface area (Å²) in [5, 5.41) is 0. The van der Waals surface area contributed by atoms with Crippen LogP contribution in [0.5, 0.6) is 5.75 Å². The molecule has 0 bridgehead atoms. The first-order valence-electron chi connectivity index (χ1n) is 5.77. The standard InChI is InChI=1S/C16H15NO/c1-18-16-8-6-14(7-9-16)4-2-3-5-15-10-12-17-13-11-15/h2-13H,1H3/b4-2+,5-3+. The van der Waals surface area contributed by atoms with Gasteiger partial charge in [-0.3, -0.25) is 4.98 Å². The second-order valence-electron chi connectivity index (χ2n) is 3.77. The van der Waals surface area contributed by atoms with Crippen molar-refractivity contribution in [1.29, 1.82) is 0 Å². The monoisotopic (exact) mass is 237 g/mol. The van der Waals surface area contributed by atoms with Gasteiger partial charge in [-0.15, -0.1) is 0 Å². The lowest BCUT2D eigenvalue weighted by Crippen LogP contribution is -1.81. The van der Waals surface area contributed by atoms with Crippen molar-refractivity contribution < 1.29 is 4.74 Å². The second-order valence-corrected chi connectivity index (χ2v) is 3.77. The predicted molar refractivity (Wildman–Crippen MR) is 75.3 cm³/mol. The number of hydrogen-bond acceptors (Lipinski definition) is 2. The highest BCUT2D eigenvalue weighted by Crippen LogP contribution is 2.12. The van der Waals surface area contributed by atoms with Crippen LogP contribution in [0.2, 0.25) is 0 Å². The molecule has 2 heteroatoms. The molecule has 18 heavy (non-hydrogen) atoms. The summed E-state index contributed by atoms with van der Waals surface area (Å²) in [7, 11) is 1.67. The van der Waals surface area contributed by atoms with E-state index < -0.39 is 0 Å². The van der Waals surface area contributed by atoms with E-state index in [1.165, 1.54) is 0 Å². The summed E-state index contributed by atoms with van der Waals surface area (Å²) >= 11 is 0. The smallest absolute Gasteiger partial charge is 0.118 e. The van der Waals surface area contributed by atoms with Gasteiger partial charge in [0.05, 0.1) is 7.11 Å². The molecule has 0 fully saturated rings. The van der Waals surface area contributed by atoms with Crippen molar-refractivity contribution in [2.24, 2.45) is 0 Å². The zero-order valence-electron chi connectivity index (χ0n) is 10.3. The normalized spacial score (nSPS) is 11.2. The summed E-state index contributed by atoms with van der Waals surface area (Å²) in [6.45, 7) is 0. The zero-order valence-corrected chi connectivity index (χ0v) is 10.3. The van der Waals surface area contributed by atoms with E-state index in [0.717, 1.165) is 16.9 Å². The van der Waals surface area contributed by atoms with Gasteiger partial charge in [-0.1, -0.05) is 36.4 Å². The maximum atomic E-state index is 5.11. The quantitative estimate of drug-likeness (QED) is 0.754. The number of rotatable bonds is 4. The molecule has 0 saturated carbocycles. The van der Waals surface area contributed by atoms with Gasteiger partial charge in [-0.2, -0.15) is 0 Å². The van der Waals surface area contributed by atoms with E-state index in [0.29, 0.717) is 0 Å². The maximum Gasteiger partial charge on any atom is 0.118 e. The molecule has 2 aromatic rings. The van der Waals surface area contributed by atoms with E-state index in [9.17, 15) is 0 Å². The molecular formula is C16H15NO. The van der Waals surface area contributed by atoms with Crippen LogP contribution in [-0.2, 0) is 0 Å². The van der Waals surface area contributed by atoms with Crippen LogP contribution in [0.4, 0.5) is 0 Å². The van der Waals surface area contributed by atoms with Crippen molar-refractivity contribution in [3.8, 4) is 5.75 Å². The van der Waals surface area contributed by atoms with Crippen LogP contribution in [-0.4, -0.2) is 12.1 Å². The molecule has 0 aliphatic heterocycles. The lowest BCUT2D eigenvalue weighted by Gasteiger charge is -1.98. The van der Waals surface area contributed by atoms with E-state index in [4.69, 9.17) is 4.74 Å². The Hall–Kier alpha value is -2.35. The van der Waals surface area contributed by atoms with Crippen LogP contribution in [0.25, 0.3) is 12.2 Å². The molecule has 90 valence electrons. The molecule has 0 N–H and O–H groups in total. The fourth-order valence-electron chi connectivity index (χ4n) is 1.52. The predicted octanol–water partition coefficient (Wildman–Crippen LogP) is 3.82. The van der Waals surface area contributed by atoms with Crippen molar-refractivity contribution in [3.05, 3.63) is 72.1 Å². The Kier molecular flexibility index (Phi) is 4.31. The fourth-order valence-corrected chi connectivity index (χ4v) is 1.52. The first kappa shape index (κ1) is 12.1. The number of pyridine rings is 1. The van der Waals surface area contributed by atoms with Crippen molar-refractivity contribution in [2.75, 3.05) is 7.11 Å². The van der Waals surface area contributed by atoms with Crippen molar-refractivity contribution in [1.82, 2.24) is 4.98 Å². The van der Waals surface area contributed by atoms with Crippen LogP contribution in [0.15, 0.2) is 60.9 Å². The van der Waals surface area contributed by atoms with Gasteiger partial charge in [-0.05, 0) is 35.4 Å². The first-order chi connectivity index (χ1) is 8.88. The Morgan fingerprint density at radius 2 is 1.39 bits per heavy atom. The third kappa shape index (κ3) is 3.59. The van der Waals surface area contributed by atoms with Crippen LogP contribution in [0, 0.1) is 0 Å². The second kappa shape index (κ2) is 6.40. The van der Waals surface area contributed by atoms with E-state index in [2.05, 4.69) is 11.1 Å². The number of nitrogens with zero attached hydrogens (tertiary/aromatic N) is 1. The molecule has 0 radical (unpaired) electrons. The van der Waals surface area contributed by atoms with E-state index in [-0.39, 0.29) is 0 Å². The Bertz CT molecular complexity index is 527. The lowest BCUT2D eigenvalue weighted by molar-refractivity contribution is 0.415. The molecule has 2 rings (SSSR count). The van der Waals surface area contributed by atoms with Gasteiger partial charge in [0.1, 0.15) is 5.75 Å². The van der Waals surface area contributed by atoms with E-state index in [1.807, 2.05) is 54.6 Å². The average Bonchev–Trinajstić information content (AvgIpc) is 2.45. The highest BCUT2D eigenvalue weighted by atomic mass is 16.5. The summed E-state index contributed by atoms with van der Waals surface area (Å²) in [5.41, 5.74) is 2.29. The van der Waals surface area contributed by atoms with Gasteiger partial charge in [0, 0.05) is 12.4 Å². The van der Waals surface area contributed by atoms with Gasteiger partial charge in [0.25, 0.3) is 0 Å². The number of hydrogen-bond donors (Lipinski definition) is 0. The molecule has 1 aromatic heterocycles. The molecule has 2 nitrogen and oxygen atoms in total. The number of aromatic nitrogens is 1. The van der Waals surface area contributed by atoms with Crippen molar-refractivity contribution >= 4 is 12.2 Å². The summed E-state index contributed by atoms with van der Waals surface area (Å²) in [5.74, 6) is 0.875. The molecule has 0 aliphatic carbocycles. The van der Waals surface area contributed by atoms with Crippen LogP contribution >= 0.6 is 0 Å². The van der Waals surface area contributed by atoms with Gasteiger partial charge < -0.3 is 4.74 Å². The molecular weight excluding hydrogens is 222 g/mol. The SMILES string of the molecule is COc1ccc(/C=C/C=C/c2ccncc2)cc1. The largest absolute Gasteiger partial charge is 0.497 e. The molecule has 0 atom stereocenters. The van der Waals surface area contributed by atoms with Gasteiger partial charge in [-0.25, -0.2) is 0 Å². The highest BCUT2D eigenvalue weighted by Gasteiger charge is 1.88. The first-order valence-corrected chi connectivity index (χ1v) is 5.77. The molecule has 1 heterocycles. The molecule has 0 aliphatic rings. The maximum absolute atomic E-state index is 5.11. The van der Waals surface area contributed by atoms with E-state index >= 15 is 0 Å². The van der Waals surface area contributed by atoms with Gasteiger partial charge in [0.2, 0.25) is 0 Å².